The monoisotopic (exact) mass is 437 g/mol. The number of ether oxygens (including phenoxy) is 1. The standard InChI is InChI=1S/C25H25F2N3O2/c1-29(2)21-13-14-30(16-21)20-8-6-19(7-9-20)28-25(31)17-3-10-22(11-4-17)32-24-12-5-18(26)15-23(24)27/h3-12,15,21H,13-14,16H2,1-2H3,(H,28,31). The van der Waals surface area contributed by atoms with Gasteiger partial charge in [-0.3, -0.25) is 4.79 Å². The van der Waals surface area contributed by atoms with E-state index in [0.29, 0.717) is 23.0 Å². The fourth-order valence-corrected chi connectivity index (χ4v) is 3.72. The van der Waals surface area contributed by atoms with Crippen molar-refractivity contribution in [3.05, 3.63) is 83.9 Å². The third-order valence-electron chi connectivity index (χ3n) is 5.62. The van der Waals surface area contributed by atoms with Crippen molar-refractivity contribution in [3.8, 4) is 11.5 Å². The van der Waals surface area contributed by atoms with Crippen LogP contribution in [0.1, 0.15) is 16.8 Å². The molecule has 7 heteroatoms. The lowest BCUT2D eigenvalue weighted by atomic mass is 10.2. The van der Waals surface area contributed by atoms with Crippen molar-refractivity contribution in [2.45, 2.75) is 12.5 Å². The van der Waals surface area contributed by atoms with Crippen molar-refractivity contribution in [2.75, 3.05) is 37.4 Å². The quantitative estimate of drug-likeness (QED) is 0.579. The first kappa shape index (κ1) is 21.8. The molecule has 32 heavy (non-hydrogen) atoms. The van der Waals surface area contributed by atoms with Crippen LogP contribution in [0.25, 0.3) is 0 Å². The lowest BCUT2D eigenvalue weighted by Gasteiger charge is -2.22. The molecule has 0 bridgehead atoms. The third-order valence-corrected chi connectivity index (χ3v) is 5.62. The van der Waals surface area contributed by atoms with Crippen LogP contribution < -0.4 is 15.0 Å². The fraction of sp³-hybridized carbons (Fsp3) is 0.240. The van der Waals surface area contributed by atoms with E-state index in [4.69, 9.17) is 4.74 Å². The molecule has 166 valence electrons. The molecule has 1 heterocycles. The summed E-state index contributed by atoms with van der Waals surface area (Å²) >= 11 is 0. The van der Waals surface area contributed by atoms with E-state index >= 15 is 0 Å². The molecule has 0 spiro atoms. The van der Waals surface area contributed by atoms with Gasteiger partial charge in [-0.25, -0.2) is 8.78 Å². The predicted octanol–water partition coefficient (Wildman–Crippen LogP) is 5.15. The van der Waals surface area contributed by atoms with Gasteiger partial charge >= 0.3 is 0 Å². The summed E-state index contributed by atoms with van der Waals surface area (Å²) in [5, 5.41) is 2.88. The van der Waals surface area contributed by atoms with Gasteiger partial charge in [-0.05, 0) is 81.2 Å². The number of nitrogens with one attached hydrogen (secondary N) is 1. The number of amides is 1. The van der Waals surface area contributed by atoms with Gasteiger partial charge in [-0.15, -0.1) is 0 Å². The Hall–Kier alpha value is -3.45. The lowest BCUT2D eigenvalue weighted by Crippen LogP contribution is -2.31. The van der Waals surface area contributed by atoms with Gasteiger partial charge in [0.2, 0.25) is 0 Å². The molecule has 1 fully saturated rings. The molecule has 3 aromatic rings. The maximum absolute atomic E-state index is 13.7. The Labute approximate surface area is 186 Å². The van der Waals surface area contributed by atoms with E-state index in [0.717, 1.165) is 37.3 Å². The largest absolute Gasteiger partial charge is 0.454 e. The molecule has 1 aliphatic rings. The van der Waals surface area contributed by atoms with Crippen LogP contribution in [0.3, 0.4) is 0 Å². The molecular formula is C25H25F2N3O2. The van der Waals surface area contributed by atoms with Crippen LogP contribution in [0.4, 0.5) is 20.2 Å². The van der Waals surface area contributed by atoms with Crippen molar-refractivity contribution in [3.63, 3.8) is 0 Å². The van der Waals surface area contributed by atoms with Gasteiger partial charge in [-0.1, -0.05) is 0 Å². The number of nitrogens with zero attached hydrogens (tertiary/aromatic N) is 2. The Morgan fingerprint density at radius 2 is 1.75 bits per heavy atom. The first-order valence-corrected chi connectivity index (χ1v) is 10.4. The van der Waals surface area contributed by atoms with E-state index in [1.807, 2.05) is 24.3 Å². The zero-order valence-electron chi connectivity index (χ0n) is 18.0. The van der Waals surface area contributed by atoms with Gasteiger partial charge in [0, 0.05) is 42.1 Å². The average molecular weight is 437 g/mol. The van der Waals surface area contributed by atoms with Crippen molar-refractivity contribution in [1.82, 2.24) is 4.90 Å². The second kappa shape index (κ2) is 9.36. The van der Waals surface area contributed by atoms with E-state index in [9.17, 15) is 13.6 Å². The Kier molecular flexibility index (Phi) is 6.37. The number of halogens is 2. The summed E-state index contributed by atoms with van der Waals surface area (Å²) in [5.41, 5.74) is 2.28. The molecule has 4 rings (SSSR count). The minimum absolute atomic E-state index is 0.0846. The van der Waals surface area contributed by atoms with Crippen LogP contribution in [0.5, 0.6) is 11.5 Å². The molecule has 0 radical (unpaired) electrons. The molecule has 0 saturated carbocycles. The van der Waals surface area contributed by atoms with Crippen molar-refractivity contribution >= 4 is 17.3 Å². The SMILES string of the molecule is CN(C)C1CCN(c2ccc(NC(=O)c3ccc(Oc4ccc(F)cc4F)cc3)cc2)C1. The Morgan fingerprint density at radius 1 is 1.03 bits per heavy atom. The highest BCUT2D eigenvalue weighted by Crippen LogP contribution is 2.26. The van der Waals surface area contributed by atoms with Crippen molar-refractivity contribution < 1.29 is 18.3 Å². The second-order valence-electron chi connectivity index (χ2n) is 8.05. The molecular weight excluding hydrogens is 412 g/mol. The Balaban J connectivity index is 1.35. The highest BCUT2D eigenvalue weighted by Gasteiger charge is 2.24. The molecule has 1 atom stereocenters. The predicted molar refractivity (Wildman–Crippen MR) is 122 cm³/mol. The average Bonchev–Trinajstić information content (AvgIpc) is 3.27. The van der Waals surface area contributed by atoms with E-state index in [-0.39, 0.29) is 11.7 Å². The normalized spacial score (nSPS) is 15.8. The van der Waals surface area contributed by atoms with E-state index in [2.05, 4.69) is 29.2 Å². The van der Waals surface area contributed by atoms with Gasteiger partial charge in [0.15, 0.2) is 11.6 Å². The van der Waals surface area contributed by atoms with Crippen LogP contribution in [0, 0.1) is 11.6 Å². The summed E-state index contributed by atoms with van der Waals surface area (Å²) in [4.78, 5) is 17.2. The van der Waals surface area contributed by atoms with Gasteiger partial charge < -0.3 is 19.9 Å². The molecule has 3 aromatic carbocycles. The molecule has 1 unspecified atom stereocenters. The van der Waals surface area contributed by atoms with Crippen LogP contribution in [0.15, 0.2) is 66.7 Å². The maximum Gasteiger partial charge on any atom is 0.255 e. The van der Waals surface area contributed by atoms with E-state index < -0.39 is 11.6 Å². The fourth-order valence-electron chi connectivity index (χ4n) is 3.72. The topological polar surface area (TPSA) is 44.8 Å². The van der Waals surface area contributed by atoms with Crippen LogP contribution in [0.2, 0.25) is 0 Å². The maximum atomic E-state index is 13.7. The first-order chi connectivity index (χ1) is 15.4. The van der Waals surface area contributed by atoms with E-state index in [1.165, 1.54) is 6.07 Å². The summed E-state index contributed by atoms with van der Waals surface area (Å²) in [5.74, 6) is -1.46. The molecule has 1 saturated heterocycles. The molecule has 0 aromatic heterocycles. The summed E-state index contributed by atoms with van der Waals surface area (Å²) in [7, 11) is 4.21. The lowest BCUT2D eigenvalue weighted by molar-refractivity contribution is 0.102. The molecule has 1 aliphatic heterocycles. The molecule has 1 amide bonds. The second-order valence-corrected chi connectivity index (χ2v) is 8.05. The zero-order valence-corrected chi connectivity index (χ0v) is 18.0. The van der Waals surface area contributed by atoms with Crippen molar-refractivity contribution in [2.24, 2.45) is 0 Å². The van der Waals surface area contributed by atoms with Gasteiger partial charge in [0.05, 0.1) is 0 Å². The zero-order chi connectivity index (χ0) is 22.7. The van der Waals surface area contributed by atoms with Gasteiger partial charge in [0.1, 0.15) is 11.6 Å². The molecule has 1 N–H and O–H groups in total. The Bertz CT molecular complexity index is 1090. The first-order valence-electron chi connectivity index (χ1n) is 10.4. The highest BCUT2D eigenvalue weighted by atomic mass is 19.1. The van der Waals surface area contributed by atoms with E-state index in [1.54, 1.807) is 24.3 Å². The van der Waals surface area contributed by atoms with Crippen molar-refractivity contribution in [1.29, 1.82) is 0 Å². The number of hydrogen-bond donors (Lipinski definition) is 1. The van der Waals surface area contributed by atoms with Gasteiger partial charge in [-0.2, -0.15) is 0 Å². The van der Waals surface area contributed by atoms with Crippen LogP contribution in [-0.4, -0.2) is 44.0 Å². The number of carbonyl (C=O) groups is 1. The Morgan fingerprint density at radius 3 is 2.38 bits per heavy atom. The highest BCUT2D eigenvalue weighted by molar-refractivity contribution is 6.04. The molecule has 0 aliphatic carbocycles. The number of likely N-dealkylation sites (N-methyl/N-ethyl adjacent to an activating group) is 1. The summed E-state index contributed by atoms with van der Waals surface area (Å²) in [6.07, 6.45) is 1.14. The third kappa shape index (κ3) is 5.06. The smallest absolute Gasteiger partial charge is 0.255 e. The number of anilines is 2. The van der Waals surface area contributed by atoms with Gasteiger partial charge in [0.25, 0.3) is 5.91 Å². The number of hydrogen-bond acceptors (Lipinski definition) is 4. The van der Waals surface area contributed by atoms with Crippen LogP contribution >= 0.6 is 0 Å². The summed E-state index contributed by atoms with van der Waals surface area (Å²) in [6.45, 7) is 2.01. The number of benzene rings is 3. The molecule has 5 nitrogen and oxygen atoms in total. The number of rotatable bonds is 6. The van der Waals surface area contributed by atoms with Crippen LogP contribution in [-0.2, 0) is 0 Å². The minimum Gasteiger partial charge on any atom is -0.454 e. The minimum atomic E-state index is -0.790. The summed E-state index contributed by atoms with van der Waals surface area (Å²) in [6, 6.07) is 17.8. The number of carbonyl (C=O) groups excluding carboxylic acids is 1. The summed E-state index contributed by atoms with van der Waals surface area (Å²) < 4.78 is 32.2.